The first kappa shape index (κ1) is 16.8. The van der Waals surface area contributed by atoms with Crippen molar-refractivity contribution < 1.29 is 4.79 Å². The molecule has 1 atom stereocenters. The lowest BCUT2D eigenvalue weighted by Crippen LogP contribution is -2.31. The molecule has 0 saturated heterocycles. The summed E-state index contributed by atoms with van der Waals surface area (Å²) in [6.07, 6.45) is 10.6. The zero-order valence-electron chi connectivity index (χ0n) is 11.4. The van der Waals surface area contributed by atoms with Crippen LogP contribution in [0.5, 0.6) is 0 Å². The summed E-state index contributed by atoms with van der Waals surface area (Å²) in [5.41, 5.74) is 0. The van der Waals surface area contributed by atoms with Gasteiger partial charge in [-0.05, 0) is 12.8 Å². The molecule has 0 fully saturated rings. The summed E-state index contributed by atoms with van der Waals surface area (Å²) < 4.78 is 0. The first-order valence-corrected chi connectivity index (χ1v) is 7.57. The molecule has 0 aliphatic rings. The van der Waals surface area contributed by atoms with E-state index in [1.54, 1.807) is 0 Å². The Hall–Kier alpha value is -0.240. The van der Waals surface area contributed by atoms with Gasteiger partial charge in [-0.25, -0.2) is 0 Å². The lowest BCUT2D eigenvalue weighted by atomic mass is 10.1. The van der Waals surface area contributed by atoms with E-state index in [-0.39, 0.29) is 11.3 Å². The molecule has 0 aromatic carbocycles. The highest BCUT2D eigenvalue weighted by Gasteiger charge is 2.13. The molecule has 0 aliphatic carbocycles. The fourth-order valence-electron chi connectivity index (χ4n) is 1.77. The summed E-state index contributed by atoms with van der Waals surface area (Å²) in [4.78, 5) is 11.5. The third-order valence-electron chi connectivity index (χ3n) is 2.89. The van der Waals surface area contributed by atoms with Crippen molar-refractivity contribution in [3.05, 3.63) is 0 Å². The Kier molecular flexibility index (Phi) is 12.1. The zero-order chi connectivity index (χ0) is 12.9. The Morgan fingerprint density at radius 2 is 1.59 bits per heavy atom. The second-order valence-electron chi connectivity index (χ2n) is 4.67. The summed E-state index contributed by atoms with van der Waals surface area (Å²) in [7, 11) is 0. The maximum Gasteiger partial charge on any atom is 0.238 e. The lowest BCUT2D eigenvalue weighted by molar-refractivity contribution is -0.120. The molecule has 0 radical (unpaired) electrons. The van der Waals surface area contributed by atoms with Gasteiger partial charge in [0.1, 0.15) is 5.38 Å². The Morgan fingerprint density at radius 1 is 1.00 bits per heavy atom. The van der Waals surface area contributed by atoms with Gasteiger partial charge in [0, 0.05) is 6.54 Å². The number of rotatable bonds is 11. The van der Waals surface area contributed by atoms with Gasteiger partial charge in [0.15, 0.2) is 0 Å². The predicted octanol–water partition coefficient (Wildman–Crippen LogP) is 4.26. The van der Waals surface area contributed by atoms with Crippen LogP contribution in [-0.2, 0) is 4.79 Å². The molecule has 17 heavy (non-hydrogen) atoms. The molecule has 0 heterocycles. The van der Waals surface area contributed by atoms with E-state index in [9.17, 15) is 4.79 Å². The zero-order valence-corrected chi connectivity index (χ0v) is 12.2. The van der Waals surface area contributed by atoms with Crippen LogP contribution >= 0.6 is 11.6 Å². The minimum absolute atomic E-state index is 0.000463. The summed E-state index contributed by atoms with van der Waals surface area (Å²) in [5, 5.41) is 2.49. The van der Waals surface area contributed by atoms with Crippen molar-refractivity contribution in [1.29, 1.82) is 0 Å². The SMILES string of the molecule is CCCCCCCCCC(Cl)C(=O)NCCC. The molecular weight excluding hydrogens is 234 g/mol. The second kappa shape index (κ2) is 12.2. The lowest BCUT2D eigenvalue weighted by Gasteiger charge is -2.09. The molecule has 0 bridgehead atoms. The van der Waals surface area contributed by atoms with E-state index in [1.807, 2.05) is 6.92 Å². The molecule has 1 unspecified atom stereocenters. The Labute approximate surface area is 111 Å². The fraction of sp³-hybridized carbons (Fsp3) is 0.929. The van der Waals surface area contributed by atoms with Crippen molar-refractivity contribution >= 4 is 17.5 Å². The Bertz CT molecular complexity index is 185. The van der Waals surface area contributed by atoms with Crippen LogP contribution in [0.2, 0.25) is 0 Å². The maximum atomic E-state index is 11.5. The summed E-state index contributed by atoms with van der Waals surface area (Å²) in [6.45, 7) is 5.01. The van der Waals surface area contributed by atoms with Crippen LogP contribution in [0.15, 0.2) is 0 Å². The average Bonchev–Trinajstić information content (AvgIpc) is 2.34. The van der Waals surface area contributed by atoms with E-state index in [4.69, 9.17) is 11.6 Å². The van der Waals surface area contributed by atoms with Crippen molar-refractivity contribution in [2.24, 2.45) is 0 Å². The van der Waals surface area contributed by atoms with E-state index >= 15 is 0 Å². The molecule has 0 aliphatic heterocycles. The number of alkyl halides is 1. The topological polar surface area (TPSA) is 29.1 Å². The number of hydrogen-bond acceptors (Lipinski definition) is 1. The smallest absolute Gasteiger partial charge is 0.238 e. The van der Waals surface area contributed by atoms with Gasteiger partial charge < -0.3 is 5.32 Å². The number of carbonyl (C=O) groups is 1. The molecule has 1 N–H and O–H groups in total. The summed E-state index contributed by atoms with van der Waals surface area (Å²) >= 11 is 6.02. The van der Waals surface area contributed by atoms with E-state index < -0.39 is 0 Å². The third-order valence-corrected chi connectivity index (χ3v) is 3.31. The predicted molar refractivity (Wildman–Crippen MR) is 75.6 cm³/mol. The van der Waals surface area contributed by atoms with E-state index in [2.05, 4.69) is 12.2 Å². The number of hydrogen-bond donors (Lipinski definition) is 1. The monoisotopic (exact) mass is 261 g/mol. The molecule has 2 nitrogen and oxygen atoms in total. The molecule has 102 valence electrons. The van der Waals surface area contributed by atoms with Crippen LogP contribution in [0, 0.1) is 0 Å². The third kappa shape index (κ3) is 10.6. The molecule has 0 spiro atoms. The molecule has 0 aromatic heterocycles. The maximum absolute atomic E-state index is 11.5. The van der Waals surface area contributed by atoms with Crippen molar-refractivity contribution in [3.8, 4) is 0 Å². The fourth-order valence-corrected chi connectivity index (χ4v) is 2.00. The Balaban J connectivity index is 3.32. The number of nitrogens with one attached hydrogen (secondary N) is 1. The standard InChI is InChI=1S/C14H28ClNO/c1-3-5-6-7-8-9-10-11-13(15)14(17)16-12-4-2/h13H,3-12H2,1-2H3,(H,16,17). The number of amides is 1. The van der Waals surface area contributed by atoms with Gasteiger partial charge in [-0.2, -0.15) is 0 Å². The van der Waals surface area contributed by atoms with Crippen LogP contribution in [-0.4, -0.2) is 17.8 Å². The van der Waals surface area contributed by atoms with Crippen LogP contribution in [0.4, 0.5) is 0 Å². The second-order valence-corrected chi connectivity index (χ2v) is 5.20. The van der Waals surface area contributed by atoms with Crippen molar-refractivity contribution in [2.45, 2.75) is 77.0 Å². The van der Waals surface area contributed by atoms with Crippen LogP contribution in [0.3, 0.4) is 0 Å². The quantitative estimate of drug-likeness (QED) is 0.437. The highest BCUT2D eigenvalue weighted by Crippen LogP contribution is 2.12. The first-order chi connectivity index (χ1) is 8.22. The average molecular weight is 262 g/mol. The van der Waals surface area contributed by atoms with Gasteiger partial charge in [-0.15, -0.1) is 11.6 Å². The van der Waals surface area contributed by atoms with Gasteiger partial charge in [0.05, 0.1) is 0 Å². The minimum atomic E-state index is -0.336. The summed E-state index contributed by atoms with van der Waals surface area (Å²) in [5.74, 6) is -0.000463. The highest BCUT2D eigenvalue weighted by molar-refractivity contribution is 6.30. The minimum Gasteiger partial charge on any atom is -0.355 e. The molecule has 3 heteroatoms. The van der Waals surface area contributed by atoms with Gasteiger partial charge in [0.25, 0.3) is 0 Å². The van der Waals surface area contributed by atoms with Gasteiger partial charge in [-0.1, -0.05) is 58.8 Å². The molecule has 0 aromatic rings. The van der Waals surface area contributed by atoms with Gasteiger partial charge in [0.2, 0.25) is 5.91 Å². The van der Waals surface area contributed by atoms with Gasteiger partial charge in [-0.3, -0.25) is 4.79 Å². The molecule has 0 saturated carbocycles. The number of halogens is 1. The van der Waals surface area contributed by atoms with Gasteiger partial charge >= 0.3 is 0 Å². The van der Waals surface area contributed by atoms with E-state index in [0.717, 1.165) is 25.8 Å². The largest absolute Gasteiger partial charge is 0.355 e. The molecule has 1 amide bonds. The normalized spacial score (nSPS) is 12.4. The van der Waals surface area contributed by atoms with E-state index in [1.165, 1.54) is 38.5 Å². The van der Waals surface area contributed by atoms with Crippen LogP contribution in [0.1, 0.15) is 71.6 Å². The number of unbranched alkanes of at least 4 members (excludes halogenated alkanes) is 6. The Morgan fingerprint density at radius 3 is 2.18 bits per heavy atom. The van der Waals surface area contributed by atoms with Crippen molar-refractivity contribution in [2.75, 3.05) is 6.54 Å². The molecule has 0 rings (SSSR count). The summed E-state index contributed by atoms with van der Waals surface area (Å²) in [6, 6.07) is 0. The molecular formula is C14H28ClNO. The van der Waals surface area contributed by atoms with Crippen LogP contribution < -0.4 is 5.32 Å². The highest BCUT2D eigenvalue weighted by atomic mass is 35.5. The van der Waals surface area contributed by atoms with E-state index in [0.29, 0.717) is 0 Å². The first-order valence-electron chi connectivity index (χ1n) is 7.14. The number of carbonyl (C=O) groups excluding carboxylic acids is 1. The van der Waals surface area contributed by atoms with Crippen LogP contribution in [0.25, 0.3) is 0 Å². The van der Waals surface area contributed by atoms with Crippen molar-refractivity contribution in [3.63, 3.8) is 0 Å². The van der Waals surface area contributed by atoms with Crippen molar-refractivity contribution in [1.82, 2.24) is 5.32 Å².